The fraction of sp³-hybridized carbons (Fsp3) is 0.267. The number of nitrogens with zero attached hydrogens (tertiary/aromatic N) is 1. The summed E-state index contributed by atoms with van der Waals surface area (Å²) in [6.07, 6.45) is 0.610. The number of rotatable bonds is 7. The minimum Gasteiger partial charge on any atom is -0.463 e. The van der Waals surface area contributed by atoms with Crippen LogP contribution in [0.25, 0.3) is 0 Å². The highest BCUT2D eigenvalue weighted by Crippen LogP contribution is 2.07. The van der Waals surface area contributed by atoms with E-state index in [1.165, 1.54) is 4.90 Å². The van der Waals surface area contributed by atoms with Crippen LogP contribution in [0.2, 0.25) is 0 Å². The predicted octanol–water partition coefficient (Wildman–Crippen LogP) is 1.45. The van der Waals surface area contributed by atoms with Crippen LogP contribution in [0.15, 0.2) is 42.5 Å². The van der Waals surface area contributed by atoms with Gasteiger partial charge < -0.3 is 14.4 Å². The lowest BCUT2D eigenvalue weighted by molar-refractivity contribution is -0.138. The maximum Gasteiger partial charge on any atom is 0.335 e. The van der Waals surface area contributed by atoms with Gasteiger partial charge in [-0.1, -0.05) is 24.8 Å². The summed E-state index contributed by atoms with van der Waals surface area (Å²) in [5.74, 6) is -0.896. The topological polar surface area (TPSA) is 63.7 Å². The van der Waals surface area contributed by atoms with Crippen molar-refractivity contribution in [3.63, 3.8) is 0 Å². The van der Waals surface area contributed by atoms with Crippen LogP contribution < -0.4 is 0 Å². The minimum absolute atomic E-state index is 0.0364. The molecule has 0 radical (unpaired) electrons. The highest BCUT2D eigenvalue weighted by Gasteiger charge is 2.19. The molecule has 0 N–H and O–H groups in total. The van der Waals surface area contributed by atoms with Crippen molar-refractivity contribution in [3.05, 3.63) is 48.0 Å². The average Bonchev–Trinajstić information content (AvgIpc) is 2.47. The predicted molar refractivity (Wildman–Crippen MR) is 74.2 cm³/mol. The molecule has 1 amide bonds. The molecule has 0 spiro atoms. The van der Waals surface area contributed by atoms with Crippen LogP contribution in [0, 0.1) is 0 Å². The Morgan fingerprint density at radius 3 is 2.50 bits per heavy atom. The van der Waals surface area contributed by atoms with Crippen molar-refractivity contribution in [1.29, 1.82) is 0 Å². The Balaban J connectivity index is 2.79. The molecular weight excluding hydrogens is 258 g/mol. The molecule has 0 atom stereocenters. The molecule has 0 aliphatic rings. The van der Waals surface area contributed by atoms with E-state index in [-0.39, 0.29) is 31.2 Å². The van der Waals surface area contributed by atoms with Gasteiger partial charge in [-0.25, -0.2) is 4.79 Å². The SMILES string of the molecule is C=C(CN(CC=O)C(=O)c1ccccc1)C(=O)OCC. The summed E-state index contributed by atoms with van der Waals surface area (Å²) < 4.78 is 4.80. The number of hydrogen-bond acceptors (Lipinski definition) is 4. The quantitative estimate of drug-likeness (QED) is 0.429. The van der Waals surface area contributed by atoms with Crippen LogP contribution in [-0.4, -0.2) is 42.8 Å². The molecule has 0 aliphatic heterocycles. The van der Waals surface area contributed by atoms with Crippen LogP contribution in [0.4, 0.5) is 0 Å². The molecule has 5 heteroatoms. The van der Waals surface area contributed by atoms with Gasteiger partial charge in [-0.05, 0) is 19.1 Å². The maximum absolute atomic E-state index is 12.2. The first-order valence-electron chi connectivity index (χ1n) is 6.23. The lowest BCUT2D eigenvalue weighted by Crippen LogP contribution is -2.35. The van der Waals surface area contributed by atoms with Crippen molar-refractivity contribution >= 4 is 18.2 Å². The van der Waals surface area contributed by atoms with Gasteiger partial charge in [-0.2, -0.15) is 0 Å². The monoisotopic (exact) mass is 275 g/mol. The van der Waals surface area contributed by atoms with Crippen molar-refractivity contribution in [3.8, 4) is 0 Å². The van der Waals surface area contributed by atoms with E-state index in [1.807, 2.05) is 0 Å². The lowest BCUT2D eigenvalue weighted by Gasteiger charge is -2.20. The number of amides is 1. The Bertz CT molecular complexity index is 496. The van der Waals surface area contributed by atoms with E-state index >= 15 is 0 Å². The van der Waals surface area contributed by atoms with E-state index in [0.29, 0.717) is 11.8 Å². The number of ether oxygens (including phenoxy) is 1. The third kappa shape index (κ3) is 4.35. The first-order chi connectivity index (χ1) is 9.60. The molecule has 0 bridgehead atoms. The zero-order valence-electron chi connectivity index (χ0n) is 11.4. The average molecular weight is 275 g/mol. The van der Waals surface area contributed by atoms with Crippen molar-refractivity contribution in [2.75, 3.05) is 19.7 Å². The third-order valence-corrected chi connectivity index (χ3v) is 2.55. The molecule has 1 rings (SSSR count). The van der Waals surface area contributed by atoms with Gasteiger partial charge in [0.05, 0.1) is 19.7 Å². The largest absolute Gasteiger partial charge is 0.463 e. The Kier molecular flexibility index (Phi) is 6.16. The standard InChI is InChI=1S/C15H17NO4/c1-3-20-15(19)12(2)11-16(9-10-17)14(18)13-7-5-4-6-8-13/h4-8,10H,2-3,9,11H2,1H3. The van der Waals surface area contributed by atoms with Gasteiger partial charge in [0.15, 0.2) is 0 Å². The van der Waals surface area contributed by atoms with Gasteiger partial charge in [0.2, 0.25) is 0 Å². The first-order valence-corrected chi connectivity index (χ1v) is 6.23. The molecule has 0 aromatic heterocycles. The van der Waals surface area contributed by atoms with Crippen LogP contribution in [-0.2, 0) is 14.3 Å². The van der Waals surface area contributed by atoms with Gasteiger partial charge >= 0.3 is 5.97 Å². The van der Waals surface area contributed by atoms with Crippen LogP contribution in [0.3, 0.4) is 0 Å². The Labute approximate surface area is 117 Å². The summed E-state index contributed by atoms with van der Waals surface area (Å²) in [4.78, 5) is 35.7. The molecule has 20 heavy (non-hydrogen) atoms. The second-order valence-electron chi connectivity index (χ2n) is 4.04. The number of esters is 1. The van der Waals surface area contributed by atoms with E-state index in [1.54, 1.807) is 37.3 Å². The number of benzene rings is 1. The molecule has 5 nitrogen and oxygen atoms in total. The van der Waals surface area contributed by atoms with E-state index in [9.17, 15) is 14.4 Å². The molecule has 0 heterocycles. The molecule has 1 aromatic carbocycles. The van der Waals surface area contributed by atoms with Gasteiger partial charge in [0, 0.05) is 11.1 Å². The molecule has 0 saturated heterocycles. The molecule has 0 aliphatic carbocycles. The highest BCUT2D eigenvalue weighted by molar-refractivity contribution is 5.96. The first kappa shape index (κ1) is 15.6. The third-order valence-electron chi connectivity index (χ3n) is 2.55. The smallest absolute Gasteiger partial charge is 0.335 e. The van der Waals surface area contributed by atoms with Crippen molar-refractivity contribution in [1.82, 2.24) is 4.90 Å². The number of carbonyl (C=O) groups excluding carboxylic acids is 3. The van der Waals surface area contributed by atoms with Crippen molar-refractivity contribution < 1.29 is 19.1 Å². The van der Waals surface area contributed by atoms with E-state index in [2.05, 4.69) is 6.58 Å². The number of hydrogen-bond donors (Lipinski definition) is 0. The van der Waals surface area contributed by atoms with E-state index in [0.717, 1.165) is 0 Å². The summed E-state index contributed by atoms with van der Waals surface area (Å²) in [5.41, 5.74) is 0.587. The Morgan fingerprint density at radius 1 is 1.30 bits per heavy atom. The normalized spacial score (nSPS) is 9.65. The second kappa shape index (κ2) is 7.89. The zero-order valence-corrected chi connectivity index (χ0v) is 11.4. The summed E-state index contributed by atoms with van der Waals surface area (Å²) in [7, 11) is 0. The van der Waals surface area contributed by atoms with Gasteiger partial charge in [0.25, 0.3) is 5.91 Å². The molecule has 0 fully saturated rings. The lowest BCUT2D eigenvalue weighted by atomic mass is 10.2. The molecule has 1 aromatic rings. The summed E-state index contributed by atoms with van der Waals surface area (Å²) in [6.45, 7) is 5.36. The summed E-state index contributed by atoms with van der Waals surface area (Å²) in [5, 5.41) is 0. The molecule has 0 unspecified atom stereocenters. The van der Waals surface area contributed by atoms with E-state index < -0.39 is 5.97 Å². The van der Waals surface area contributed by atoms with Crippen molar-refractivity contribution in [2.24, 2.45) is 0 Å². The van der Waals surface area contributed by atoms with Crippen LogP contribution in [0.1, 0.15) is 17.3 Å². The Morgan fingerprint density at radius 2 is 1.95 bits per heavy atom. The second-order valence-corrected chi connectivity index (χ2v) is 4.04. The molecule has 106 valence electrons. The fourth-order valence-electron chi connectivity index (χ4n) is 1.60. The summed E-state index contributed by atoms with van der Waals surface area (Å²) >= 11 is 0. The van der Waals surface area contributed by atoms with E-state index in [4.69, 9.17) is 4.74 Å². The van der Waals surface area contributed by atoms with Crippen LogP contribution >= 0.6 is 0 Å². The molecular formula is C15H17NO4. The number of carbonyl (C=O) groups is 3. The van der Waals surface area contributed by atoms with Crippen molar-refractivity contribution in [2.45, 2.75) is 6.92 Å². The fourth-order valence-corrected chi connectivity index (χ4v) is 1.60. The zero-order chi connectivity index (χ0) is 15.0. The summed E-state index contributed by atoms with van der Waals surface area (Å²) in [6, 6.07) is 8.54. The Hall–Kier alpha value is -2.43. The maximum atomic E-state index is 12.2. The van der Waals surface area contributed by atoms with Crippen LogP contribution in [0.5, 0.6) is 0 Å². The molecule has 0 saturated carbocycles. The van der Waals surface area contributed by atoms with Gasteiger partial charge in [0.1, 0.15) is 6.29 Å². The minimum atomic E-state index is -0.565. The van der Waals surface area contributed by atoms with Gasteiger partial charge in [-0.3, -0.25) is 4.79 Å². The highest BCUT2D eigenvalue weighted by atomic mass is 16.5. The number of aldehydes is 1. The van der Waals surface area contributed by atoms with Gasteiger partial charge in [-0.15, -0.1) is 0 Å².